The van der Waals surface area contributed by atoms with Crippen LogP contribution in [0, 0.1) is 56.2 Å². The molecule has 2 aliphatic rings. The predicted molar refractivity (Wildman–Crippen MR) is 164 cm³/mol. The number of allylic oxidation sites excluding steroid dienone is 6. The van der Waals surface area contributed by atoms with E-state index in [4.69, 9.17) is 9.47 Å². The molecule has 0 aromatic carbocycles. The van der Waals surface area contributed by atoms with E-state index in [0.717, 1.165) is 43.2 Å². The van der Waals surface area contributed by atoms with Gasteiger partial charge in [-0.25, -0.2) is 9.59 Å². The van der Waals surface area contributed by atoms with Crippen LogP contribution in [-0.4, -0.2) is 38.2 Å². The standard InChI is InChI=1S/C34H42N6O4/c1-6-30(41)43-15-16-44-32(42)31-24(11-12-35)17-33(2,3)20-29(31)40-14-10-8-7-9-13-39-28-19-34(4,5)18-26(27(28)23-38)25(21-36)22-37/h6,11,39-40H,1,7-10,13-20H2,2-5H3/b24-11+. The highest BCUT2D eigenvalue weighted by Crippen LogP contribution is 2.42. The lowest BCUT2D eigenvalue weighted by atomic mass is 9.73. The Labute approximate surface area is 261 Å². The third kappa shape index (κ3) is 10.5. The Morgan fingerprint density at radius 1 is 0.841 bits per heavy atom. The molecule has 0 saturated heterocycles. The summed E-state index contributed by atoms with van der Waals surface area (Å²) in [4.78, 5) is 24.3. The summed E-state index contributed by atoms with van der Waals surface area (Å²) in [5.74, 6) is -1.15. The van der Waals surface area contributed by atoms with E-state index < -0.39 is 11.9 Å². The smallest absolute Gasteiger partial charge is 0.340 e. The molecule has 0 heterocycles. The Morgan fingerprint density at radius 3 is 1.98 bits per heavy atom. The summed E-state index contributed by atoms with van der Waals surface area (Å²) >= 11 is 0. The number of nitriles is 4. The van der Waals surface area contributed by atoms with Gasteiger partial charge in [-0.1, -0.05) is 47.1 Å². The molecule has 10 nitrogen and oxygen atoms in total. The highest BCUT2D eigenvalue weighted by atomic mass is 16.6. The molecule has 0 atom stereocenters. The van der Waals surface area contributed by atoms with Gasteiger partial charge in [0, 0.05) is 42.2 Å². The summed E-state index contributed by atoms with van der Waals surface area (Å²) < 4.78 is 10.3. The van der Waals surface area contributed by atoms with Gasteiger partial charge in [-0.15, -0.1) is 0 Å². The normalized spacial score (nSPS) is 17.8. The van der Waals surface area contributed by atoms with Crippen molar-refractivity contribution >= 4 is 11.9 Å². The molecule has 2 aliphatic carbocycles. The highest BCUT2D eigenvalue weighted by Gasteiger charge is 2.35. The van der Waals surface area contributed by atoms with E-state index in [-0.39, 0.29) is 29.6 Å². The van der Waals surface area contributed by atoms with Gasteiger partial charge in [-0.3, -0.25) is 0 Å². The van der Waals surface area contributed by atoms with Gasteiger partial charge in [0.25, 0.3) is 0 Å². The molecule has 2 rings (SSSR count). The number of hydrogen-bond acceptors (Lipinski definition) is 10. The number of unbranched alkanes of at least 4 members (excludes halogenated alkanes) is 3. The largest absolute Gasteiger partial charge is 0.459 e. The monoisotopic (exact) mass is 598 g/mol. The van der Waals surface area contributed by atoms with Crippen LogP contribution in [0.5, 0.6) is 0 Å². The molecule has 0 radical (unpaired) electrons. The molecule has 0 amide bonds. The summed E-state index contributed by atoms with van der Waals surface area (Å²) in [7, 11) is 0. The lowest BCUT2D eigenvalue weighted by Crippen LogP contribution is -2.31. The molecule has 232 valence electrons. The average Bonchev–Trinajstić information content (AvgIpc) is 2.96. The van der Waals surface area contributed by atoms with Crippen LogP contribution in [0.3, 0.4) is 0 Å². The number of carbonyl (C=O) groups excluding carboxylic acids is 2. The molecule has 0 aromatic heterocycles. The first kappa shape index (κ1) is 35.4. The zero-order valence-electron chi connectivity index (χ0n) is 26.3. The topological polar surface area (TPSA) is 172 Å². The SMILES string of the molecule is C=CC(=O)OCCOC(=O)C1=C(NCCCCCCNC2=C(C#N)C(=C(C#N)C#N)CC(C)(C)C2)CC(C)(C)C/C1=C\C#N. The van der Waals surface area contributed by atoms with Crippen LogP contribution in [0.25, 0.3) is 0 Å². The van der Waals surface area contributed by atoms with Gasteiger partial charge < -0.3 is 20.1 Å². The molecule has 0 aliphatic heterocycles. The minimum Gasteiger partial charge on any atom is -0.459 e. The van der Waals surface area contributed by atoms with Crippen molar-refractivity contribution in [2.45, 2.75) is 79.1 Å². The fourth-order valence-corrected chi connectivity index (χ4v) is 5.56. The third-order valence-electron chi connectivity index (χ3n) is 7.45. The summed E-state index contributed by atoms with van der Waals surface area (Å²) in [6.07, 6.45) is 8.42. The molecule has 0 unspecified atom stereocenters. The van der Waals surface area contributed by atoms with Crippen molar-refractivity contribution in [2.24, 2.45) is 10.8 Å². The molecule has 0 spiro atoms. The Kier molecular flexibility index (Phi) is 13.5. The van der Waals surface area contributed by atoms with Gasteiger partial charge in [0.1, 0.15) is 37.0 Å². The van der Waals surface area contributed by atoms with Crippen LogP contribution in [0.1, 0.15) is 79.1 Å². The number of rotatable bonds is 14. The van der Waals surface area contributed by atoms with Crippen LogP contribution in [0.4, 0.5) is 0 Å². The van der Waals surface area contributed by atoms with E-state index in [1.165, 1.54) is 6.08 Å². The van der Waals surface area contributed by atoms with Crippen molar-refractivity contribution in [3.8, 4) is 24.3 Å². The summed E-state index contributed by atoms with van der Waals surface area (Å²) in [5, 5.41) is 44.7. The number of hydrogen-bond donors (Lipinski definition) is 2. The second kappa shape index (κ2) is 16.7. The average molecular weight is 599 g/mol. The number of nitrogens with zero attached hydrogens (tertiary/aromatic N) is 4. The van der Waals surface area contributed by atoms with Crippen molar-refractivity contribution in [2.75, 3.05) is 26.3 Å². The van der Waals surface area contributed by atoms with Crippen LogP contribution >= 0.6 is 0 Å². The van der Waals surface area contributed by atoms with Crippen LogP contribution in [0.2, 0.25) is 0 Å². The third-order valence-corrected chi connectivity index (χ3v) is 7.45. The first-order valence-corrected chi connectivity index (χ1v) is 14.8. The fraction of sp³-hybridized carbons (Fsp3) is 0.529. The summed E-state index contributed by atoms with van der Waals surface area (Å²) in [6.45, 7) is 12.8. The summed E-state index contributed by atoms with van der Waals surface area (Å²) in [5.41, 5.74) is 3.13. The molecule has 10 heteroatoms. The van der Waals surface area contributed by atoms with Gasteiger partial charge in [0.15, 0.2) is 0 Å². The van der Waals surface area contributed by atoms with Gasteiger partial charge in [-0.05, 0) is 54.9 Å². The second-order valence-electron chi connectivity index (χ2n) is 12.5. The van der Waals surface area contributed by atoms with E-state index >= 15 is 0 Å². The molecule has 0 fully saturated rings. The lowest BCUT2D eigenvalue weighted by molar-refractivity contribution is -0.146. The van der Waals surface area contributed by atoms with Gasteiger partial charge in [0.05, 0.1) is 17.2 Å². The van der Waals surface area contributed by atoms with E-state index in [9.17, 15) is 30.6 Å². The fourth-order valence-electron chi connectivity index (χ4n) is 5.56. The Balaban J connectivity index is 1.96. The van der Waals surface area contributed by atoms with Gasteiger partial charge in [0.2, 0.25) is 0 Å². The quantitative estimate of drug-likeness (QED) is 0.113. The van der Waals surface area contributed by atoms with Crippen molar-refractivity contribution in [3.05, 3.63) is 58.0 Å². The maximum absolute atomic E-state index is 13.0. The molecule has 0 bridgehead atoms. The molecule has 44 heavy (non-hydrogen) atoms. The second-order valence-corrected chi connectivity index (χ2v) is 12.5. The minimum absolute atomic E-state index is 0.00160. The number of carbonyl (C=O) groups is 2. The number of ether oxygens (including phenoxy) is 2. The van der Waals surface area contributed by atoms with Gasteiger partial charge in [-0.2, -0.15) is 21.0 Å². The van der Waals surface area contributed by atoms with E-state index in [2.05, 4.69) is 51.0 Å². The molecule has 0 saturated carbocycles. The highest BCUT2D eigenvalue weighted by molar-refractivity contribution is 5.95. The summed E-state index contributed by atoms with van der Waals surface area (Å²) in [6, 6.07) is 8.12. The van der Waals surface area contributed by atoms with E-state index in [0.29, 0.717) is 61.1 Å². The van der Waals surface area contributed by atoms with Crippen molar-refractivity contribution in [1.82, 2.24) is 10.6 Å². The maximum Gasteiger partial charge on any atom is 0.340 e. The number of nitrogens with one attached hydrogen (secondary N) is 2. The molecular weight excluding hydrogens is 556 g/mol. The molecule has 0 aromatic rings. The van der Waals surface area contributed by atoms with Gasteiger partial charge >= 0.3 is 11.9 Å². The van der Waals surface area contributed by atoms with E-state index in [1.54, 1.807) is 0 Å². The van der Waals surface area contributed by atoms with Crippen LogP contribution in [0.15, 0.2) is 58.0 Å². The zero-order valence-corrected chi connectivity index (χ0v) is 26.3. The Hall–Kier alpha value is -4.80. The molecular formula is C34H42N6O4. The van der Waals surface area contributed by atoms with Crippen LogP contribution < -0.4 is 10.6 Å². The predicted octanol–water partition coefficient (Wildman–Crippen LogP) is 5.46. The van der Waals surface area contributed by atoms with Crippen molar-refractivity contribution in [3.63, 3.8) is 0 Å². The first-order valence-electron chi connectivity index (χ1n) is 14.8. The van der Waals surface area contributed by atoms with Crippen molar-refractivity contribution < 1.29 is 19.1 Å². The first-order chi connectivity index (χ1) is 20.9. The molecule has 2 N–H and O–H groups in total. The van der Waals surface area contributed by atoms with Crippen molar-refractivity contribution in [1.29, 1.82) is 21.0 Å². The van der Waals surface area contributed by atoms with E-state index in [1.807, 2.05) is 18.2 Å². The Bertz CT molecular complexity index is 1400. The minimum atomic E-state index is -0.596. The zero-order chi connectivity index (χ0) is 32.8. The number of esters is 2. The lowest BCUT2D eigenvalue weighted by Gasteiger charge is -2.34. The maximum atomic E-state index is 13.0. The Morgan fingerprint density at radius 2 is 1.41 bits per heavy atom. The van der Waals surface area contributed by atoms with Crippen LogP contribution in [-0.2, 0) is 19.1 Å².